The van der Waals surface area contributed by atoms with Gasteiger partial charge in [0.05, 0.1) is 12.1 Å². The van der Waals surface area contributed by atoms with Crippen molar-refractivity contribution in [3.63, 3.8) is 0 Å². The normalized spacial score (nSPS) is 12.6. The number of aliphatic imine (C=N–C) groups is 1. The van der Waals surface area contributed by atoms with E-state index in [9.17, 15) is 0 Å². The molecule has 1 heterocycles. The van der Waals surface area contributed by atoms with Gasteiger partial charge in [-0.05, 0) is 42.8 Å². The van der Waals surface area contributed by atoms with E-state index in [1.165, 1.54) is 4.88 Å². The Morgan fingerprint density at radius 2 is 2.21 bits per heavy atom. The predicted octanol–water partition coefficient (Wildman–Crippen LogP) is 2.99. The number of thiophene rings is 1. The minimum absolute atomic E-state index is 0.206. The number of rotatable bonds is 6. The van der Waals surface area contributed by atoms with Gasteiger partial charge in [0.2, 0.25) is 0 Å². The van der Waals surface area contributed by atoms with Crippen molar-refractivity contribution in [3.05, 3.63) is 20.8 Å². The summed E-state index contributed by atoms with van der Waals surface area (Å²) in [5.74, 6) is 0.817. The standard InChI is InChI=1S/C13H22BrN3OS/c1-5-15-12(17-9-13(2,3)18-4)16-7-11-6-10(14)8-19-11/h6,8H,5,7,9H2,1-4H3,(H2,15,16,17). The minimum Gasteiger partial charge on any atom is -0.377 e. The lowest BCUT2D eigenvalue weighted by atomic mass is 10.1. The van der Waals surface area contributed by atoms with E-state index in [1.54, 1.807) is 18.4 Å². The van der Waals surface area contributed by atoms with Crippen LogP contribution in [0, 0.1) is 0 Å². The number of ether oxygens (including phenoxy) is 1. The molecule has 1 aromatic heterocycles. The monoisotopic (exact) mass is 347 g/mol. The van der Waals surface area contributed by atoms with Crippen LogP contribution >= 0.6 is 27.3 Å². The molecule has 1 aromatic rings. The molecule has 108 valence electrons. The fraction of sp³-hybridized carbons (Fsp3) is 0.615. The van der Waals surface area contributed by atoms with E-state index in [2.05, 4.69) is 49.9 Å². The number of hydrogen-bond acceptors (Lipinski definition) is 3. The molecule has 0 radical (unpaired) electrons. The summed E-state index contributed by atoms with van der Waals surface area (Å²) in [6.07, 6.45) is 0. The zero-order valence-corrected chi connectivity index (χ0v) is 14.3. The molecule has 0 unspecified atom stereocenters. The number of nitrogens with one attached hydrogen (secondary N) is 2. The molecular weight excluding hydrogens is 326 g/mol. The van der Waals surface area contributed by atoms with Crippen LogP contribution in [0.2, 0.25) is 0 Å². The molecule has 0 aromatic carbocycles. The van der Waals surface area contributed by atoms with Gasteiger partial charge in [-0.2, -0.15) is 0 Å². The van der Waals surface area contributed by atoms with Gasteiger partial charge in [-0.25, -0.2) is 4.99 Å². The van der Waals surface area contributed by atoms with E-state index >= 15 is 0 Å². The first-order valence-electron chi connectivity index (χ1n) is 6.27. The molecule has 0 bridgehead atoms. The third-order valence-electron chi connectivity index (χ3n) is 2.59. The van der Waals surface area contributed by atoms with Crippen LogP contribution in [0.4, 0.5) is 0 Å². The fourth-order valence-corrected chi connectivity index (χ4v) is 2.68. The van der Waals surface area contributed by atoms with Crippen LogP contribution < -0.4 is 10.6 Å². The molecule has 0 spiro atoms. The Bertz CT molecular complexity index is 418. The molecule has 0 atom stereocenters. The Hall–Kier alpha value is -0.590. The first-order valence-corrected chi connectivity index (χ1v) is 7.94. The summed E-state index contributed by atoms with van der Waals surface area (Å²) in [6.45, 7) is 8.37. The third kappa shape index (κ3) is 6.40. The van der Waals surface area contributed by atoms with Gasteiger partial charge in [0.25, 0.3) is 0 Å². The van der Waals surface area contributed by atoms with Crippen molar-refractivity contribution in [2.75, 3.05) is 20.2 Å². The topological polar surface area (TPSA) is 45.7 Å². The average molecular weight is 348 g/mol. The predicted molar refractivity (Wildman–Crippen MR) is 85.9 cm³/mol. The Labute approximate surface area is 127 Å². The van der Waals surface area contributed by atoms with Crippen LogP contribution in [0.5, 0.6) is 0 Å². The van der Waals surface area contributed by atoms with Crippen molar-refractivity contribution >= 4 is 33.2 Å². The maximum Gasteiger partial charge on any atom is 0.191 e. The molecule has 6 heteroatoms. The number of methoxy groups -OCH3 is 1. The van der Waals surface area contributed by atoms with Crippen molar-refractivity contribution in [1.29, 1.82) is 0 Å². The molecule has 0 aliphatic heterocycles. The largest absolute Gasteiger partial charge is 0.377 e. The first-order chi connectivity index (χ1) is 8.96. The summed E-state index contributed by atoms with van der Waals surface area (Å²) in [4.78, 5) is 5.79. The van der Waals surface area contributed by atoms with Gasteiger partial charge in [0.1, 0.15) is 0 Å². The summed E-state index contributed by atoms with van der Waals surface area (Å²) >= 11 is 5.15. The second kappa shape index (κ2) is 7.87. The molecule has 0 fully saturated rings. The molecule has 19 heavy (non-hydrogen) atoms. The lowest BCUT2D eigenvalue weighted by Gasteiger charge is -2.24. The SMILES string of the molecule is CCNC(=NCc1cc(Br)cs1)NCC(C)(C)OC. The number of nitrogens with zero attached hydrogens (tertiary/aromatic N) is 1. The van der Waals surface area contributed by atoms with Gasteiger partial charge in [-0.1, -0.05) is 0 Å². The van der Waals surface area contributed by atoms with E-state index in [0.717, 1.165) is 17.0 Å². The summed E-state index contributed by atoms with van der Waals surface area (Å²) in [5, 5.41) is 8.60. The summed E-state index contributed by atoms with van der Waals surface area (Å²) in [5.41, 5.74) is -0.206. The molecule has 0 amide bonds. The van der Waals surface area contributed by atoms with Crippen molar-refractivity contribution in [3.8, 4) is 0 Å². The Morgan fingerprint density at radius 3 is 2.74 bits per heavy atom. The van der Waals surface area contributed by atoms with Crippen LogP contribution in [0.1, 0.15) is 25.6 Å². The zero-order valence-electron chi connectivity index (χ0n) is 11.9. The van der Waals surface area contributed by atoms with Crippen molar-refractivity contribution in [2.45, 2.75) is 32.9 Å². The molecule has 1 rings (SSSR count). The zero-order chi connectivity index (χ0) is 14.3. The van der Waals surface area contributed by atoms with E-state index in [-0.39, 0.29) is 5.60 Å². The Morgan fingerprint density at radius 1 is 1.47 bits per heavy atom. The first kappa shape index (κ1) is 16.5. The van der Waals surface area contributed by atoms with Gasteiger partial charge in [0.15, 0.2) is 5.96 Å². The Balaban J connectivity index is 2.56. The molecule has 0 aliphatic carbocycles. The number of hydrogen-bond donors (Lipinski definition) is 2. The lowest BCUT2D eigenvalue weighted by molar-refractivity contribution is 0.0268. The molecule has 0 saturated heterocycles. The maximum atomic E-state index is 5.38. The van der Waals surface area contributed by atoms with Gasteiger partial charge < -0.3 is 15.4 Å². The molecule has 4 nitrogen and oxygen atoms in total. The minimum atomic E-state index is -0.206. The highest BCUT2D eigenvalue weighted by molar-refractivity contribution is 9.10. The molecule has 0 aliphatic rings. The summed E-state index contributed by atoms with van der Waals surface area (Å²) in [6, 6.07) is 2.09. The highest BCUT2D eigenvalue weighted by Gasteiger charge is 2.16. The second-order valence-corrected chi connectivity index (χ2v) is 6.66. The Kier molecular flexibility index (Phi) is 6.82. The van der Waals surface area contributed by atoms with Gasteiger partial charge in [-0.3, -0.25) is 0 Å². The van der Waals surface area contributed by atoms with E-state index in [1.807, 2.05) is 13.8 Å². The number of guanidine groups is 1. The fourth-order valence-electron chi connectivity index (χ4n) is 1.30. The van der Waals surface area contributed by atoms with E-state index in [4.69, 9.17) is 4.74 Å². The molecule has 0 saturated carbocycles. The van der Waals surface area contributed by atoms with Crippen LogP contribution in [0.25, 0.3) is 0 Å². The maximum absolute atomic E-state index is 5.38. The quantitative estimate of drug-likeness (QED) is 0.614. The van der Waals surface area contributed by atoms with Crippen LogP contribution in [-0.2, 0) is 11.3 Å². The second-order valence-electron chi connectivity index (χ2n) is 4.74. The van der Waals surface area contributed by atoms with Crippen molar-refractivity contribution in [2.24, 2.45) is 4.99 Å². The smallest absolute Gasteiger partial charge is 0.191 e. The van der Waals surface area contributed by atoms with Crippen LogP contribution in [0.15, 0.2) is 20.9 Å². The van der Waals surface area contributed by atoms with E-state index < -0.39 is 0 Å². The van der Waals surface area contributed by atoms with Gasteiger partial charge in [-0.15, -0.1) is 11.3 Å². The molecule has 2 N–H and O–H groups in total. The van der Waals surface area contributed by atoms with Crippen LogP contribution in [0.3, 0.4) is 0 Å². The van der Waals surface area contributed by atoms with E-state index in [0.29, 0.717) is 13.1 Å². The van der Waals surface area contributed by atoms with Crippen molar-refractivity contribution < 1.29 is 4.74 Å². The van der Waals surface area contributed by atoms with Gasteiger partial charge in [0, 0.05) is 34.9 Å². The lowest BCUT2D eigenvalue weighted by Crippen LogP contribution is -2.45. The average Bonchev–Trinajstić information content (AvgIpc) is 2.79. The summed E-state index contributed by atoms with van der Waals surface area (Å²) < 4.78 is 6.50. The summed E-state index contributed by atoms with van der Waals surface area (Å²) in [7, 11) is 1.72. The van der Waals surface area contributed by atoms with Crippen LogP contribution in [-0.4, -0.2) is 31.8 Å². The molecular formula is C13H22BrN3OS. The van der Waals surface area contributed by atoms with Crippen molar-refractivity contribution in [1.82, 2.24) is 10.6 Å². The third-order valence-corrected chi connectivity index (χ3v) is 4.28. The van der Waals surface area contributed by atoms with Gasteiger partial charge >= 0.3 is 0 Å². The number of halogens is 1. The highest BCUT2D eigenvalue weighted by atomic mass is 79.9. The highest BCUT2D eigenvalue weighted by Crippen LogP contribution is 2.20.